The number of hydrogen-bond donors (Lipinski definition) is 2. The van der Waals surface area contributed by atoms with E-state index in [9.17, 15) is 9.90 Å². The Balaban J connectivity index is 1.60. The third-order valence-corrected chi connectivity index (χ3v) is 5.31. The lowest BCUT2D eigenvalue weighted by molar-refractivity contribution is 0.161. The number of nitrogens with zero attached hydrogens (tertiary/aromatic N) is 3. The number of amides is 2. The SMILES string of the molecule is COc1cccc(CN2C(=O)N(c3ccc(-c4cn[nH]c4)c(OC)c3)CC2CO)c1. The molecule has 1 atom stereocenters. The molecular weight excluding hydrogens is 384 g/mol. The molecule has 0 saturated carbocycles. The maximum Gasteiger partial charge on any atom is 0.325 e. The lowest BCUT2D eigenvalue weighted by Gasteiger charge is -2.22. The van der Waals surface area contributed by atoms with Crippen molar-refractivity contribution in [2.75, 3.05) is 32.3 Å². The van der Waals surface area contributed by atoms with Gasteiger partial charge in [0, 0.05) is 35.6 Å². The van der Waals surface area contributed by atoms with Gasteiger partial charge in [-0.25, -0.2) is 4.79 Å². The molecule has 2 N–H and O–H groups in total. The molecule has 4 rings (SSSR count). The van der Waals surface area contributed by atoms with Crippen LogP contribution in [0, 0.1) is 0 Å². The first-order valence-electron chi connectivity index (χ1n) is 9.63. The Morgan fingerprint density at radius 2 is 2.07 bits per heavy atom. The molecule has 0 radical (unpaired) electrons. The Bertz CT molecular complexity index is 1020. The van der Waals surface area contributed by atoms with Crippen LogP contribution in [0.4, 0.5) is 10.5 Å². The molecule has 1 saturated heterocycles. The van der Waals surface area contributed by atoms with Gasteiger partial charge in [0.1, 0.15) is 11.5 Å². The number of hydrogen-bond acceptors (Lipinski definition) is 5. The highest BCUT2D eigenvalue weighted by atomic mass is 16.5. The van der Waals surface area contributed by atoms with E-state index in [1.807, 2.05) is 42.5 Å². The number of benzene rings is 2. The van der Waals surface area contributed by atoms with E-state index in [1.54, 1.807) is 36.4 Å². The van der Waals surface area contributed by atoms with Crippen LogP contribution in [0.1, 0.15) is 5.56 Å². The summed E-state index contributed by atoms with van der Waals surface area (Å²) >= 11 is 0. The van der Waals surface area contributed by atoms with Gasteiger partial charge in [0.15, 0.2) is 0 Å². The minimum Gasteiger partial charge on any atom is -0.497 e. The van der Waals surface area contributed by atoms with E-state index in [2.05, 4.69) is 10.2 Å². The number of aliphatic hydroxyl groups excluding tert-OH is 1. The lowest BCUT2D eigenvalue weighted by atomic mass is 10.1. The molecule has 1 fully saturated rings. The topological polar surface area (TPSA) is 90.9 Å². The number of carbonyl (C=O) groups is 1. The highest BCUT2D eigenvalue weighted by Crippen LogP contribution is 2.35. The highest BCUT2D eigenvalue weighted by molar-refractivity contribution is 5.95. The van der Waals surface area contributed by atoms with Gasteiger partial charge in [-0.2, -0.15) is 5.10 Å². The van der Waals surface area contributed by atoms with E-state index >= 15 is 0 Å². The summed E-state index contributed by atoms with van der Waals surface area (Å²) in [4.78, 5) is 16.6. The zero-order chi connectivity index (χ0) is 21.1. The molecule has 8 nitrogen and oxygen atoms in total. The second kappa shape index (κ2) is 8.46. The van der Waals surface area contributed by atoms with Gasteiger partial charge >= 0.3 is 6.03 Å². The number of aromatic nitrogens is 2. The molecule has 0 spiro atoms. The summed E-state index contributed by atoms with van der Waals surface area (Å²) in [6.45, 7) is 0.673. The van der Waals surface area contributed by atoms with Crippen molar-refractivity contribution in [3.05, 3.63) is 60.4 Å². The van der Waals surface area contributed by atoms with Gasteiger partial charge in [0.25, 0.3) is 0 Å². The van der Waals surface area contributed by atoms with Crippen LogP contribution in [0.2, 0.25) is 0 Å². The first-order chi connectivity index (χ1) is 14.6. The number of H-pyrrole nitrogens is 1. The fourth-order valence-corrected chi connectivity index (χ4v) is 3.72. The molecule has 0 aliphatic carbocycles. The largest absolute Gasteiger partial charge is 0.497 e. The van der Waals surface area contributed by atoms with Gasteiger partial charge in [-0.15, -0.1) is 0 Å². The van der Waals surface area contributed by atoms with E-state index < -0.39 is 0 Å². The van der Waals surface area contributed by atoms with Gasteiger partial charge < -0.3 is 19.5 Å². The van der Waals surface area contributed by atoms with Crippen LogP contribution in [-0.4, -0.2) is 59.6 Å². The standard InChI is InChI=1S/C22H24N4O4/c1-29-19-5-3-4-15(8-19)12-25-18(14-27)13-26(22(25)28)17-6-7-20(21(9-17)30-2)16-10-23-24-11-16/h3-11,18,27H,12-14H2,1-2H3,(H,23,24). The number of carbonyl (C=O) groups excluding carboxylic acids is 1. The van der Waals surface area contributed by atoms with E-state index in [1.165, 1.54) is 0 Å². The van der Waals surface area contributed by atoms with Crippen molar-refractivity contribution in [2.24, 2.45) is 0 Å². The van der Waals surface area contributed by atoms with Gasteiger partial charge in [0.2, 0.25) is 0 Å². The number of anilines is 1. The monoisotopic (exact) mass is 408 g/mol. The molecule has 1 unspecified atom stereocenters. The molecule has 8 heteroatoms. The van der Waals surface area contributed by atoms with Crippen LogP contribution in [0.5, 0.6) is 11.5 Å². The van der Waals surface area contributed by atoms with Gasteiger partial charge in [-0.05, 0) is 29.8 Å². The first-order valence-corrected chi connectivity index (χ1v) is 9.63. The molecule has 1 aliphatic rings. The highest BCUT2D eigenvalue weighted by Gasteiger charge is 2.37. The van der Waals surface area contributed by atoms with Crippen molar-refractivity contribution < 1.29 is 19.4 Å². The van der Waals surface area contributed by atoms with Crippen molar-refractivity contribution in [1.82, 2.24) is 15.1 Å². The molecule has 2 aromatic carbocycles. The Morgan fingerprint density at radius 3 is 2.77 bits per heavy atom. The average Bonchev–Trinajstić information content (AvgIpc) is 3.42. The van der Waals surface area contributed by atoms with Crippen LogP contribution in [-0.2, 0) is 6.54 Å². The van der Waals surface area contributed by atoms with Crippen LogP contribution >= 0.6 is 0 Å². The Morgan fingerprint density at radius 1 is 1.20 bits per heavy atom. The van der Waals surface area contributed by atoms with Crippen LogP contribution < -0.4 is 14.4 Å². The zero-order valence-corrected chi connectivity index (χ0v) is 16.9. The van der Waals surface area contributed by atoms with Crippen LogP contribution in [0.25, 0.3) is 11.1 Å². The van der Waals surface area contributed by atoms with Crippen LogP contribution in [0.15, 0.2) is 54.9 Å². The molecule has 156 valence electrons. The molecule has 1 aromatic heterocycles. The van der Waals surface area contributed by atoms with E-state index in [0.717, 1.165) is 28.1 Å². The lowest BCUT2D eigenvalue weighted by Crippen LogP contribution is -2.36. The maximum atomic E-state index is 13.2. The average molecular weight is 408 g/mol. The second-order valence-electron chi connectivity index (χ2n) is 7.08. The normalized spacial score (nSPS) is 16.2. The Hall–Kier alpha value is -3.52. The van der Waals surface area contributed by atoms with Crippen molar-refractivity contribution >= 4 is 11.7 Å². The number of methoxy groups -OCH3 is 2. The maximum absolute atomic E-state index is 13.2. The fraction of sp³-hybridized carbons (Fsp3) is 0.273. The number of rotatable bonds is 7. The van der Waals surface area contributed by atoms with Crippen molar-refractivity contribution in [3.8, 4) is 22.6 Å². The van der Waals surface area contributed by atoms with Crippen molar-refractivity contribution in [1.29, 1.82) is 0 Å². The molecule has 2 amide bonds. The summed E-state index contributed by atoms with van der Waals surface area (Å²) in [6, 6.07) is 12.8. The van der Waals surface area contributed by atoms with E-state index in [-0.39, 0.29) is 18.7 Å². The Labute approximate surface area is 174 Å². The minimum absolute atomic E-state index is 0.115. The summed E-state index contributed by atoms with van der Waals surface area (Å²) in [5.74, 6) is 1.38. The quantitative estimate of drug-likeness (QED) is 0.627. The summed E-state index contributed by atoms with van der Waals surface area (Å²) in [5, 5.41) is 16.7. The zero-order valence-electron chi connectivity index (χ0n) is 16.9. The van der Waals surface area contributed by atoms with Gasteiger partial charge in [-0.3, -0.25) is 10.00 Å². The molecule has 2 heterocycles. The third-order valence-electron chi connectivity index (χ3n) is 5.31. The molecular formula is C22H24N4O4. The number of nitrogens with one attached hydrogen (secondary N) is 1. The van der Waals surface area contributed by atoms with Gasteiger partial charge in [-0.1, -0.05) is 12.1 Å². The number of ether oxygens (including phenoxy) is 2. The molecule has 0 bridgehead atoms. The van der Waals surface area contributed by atoms with Crippen LogP contribution in [0.3, 0.4) is 0 Å². The summed E-state index contributed by atoms with van der Waals surface area (Å²) in [5.41, 5.74) is 3.44. The fourth-order valence-electron chi connectivity index (χ4n) is 3.72. The predicted octanol–water partition coefficient (Wildman–Crippen LogP) is 2.90. The summed E-state index contributed by atoms with van der Waals surface area (Å²) in [7, 11) is 3.21. The third kappa shape index (κ3) is 3.69. The number of urea groups is 1. The predicted molar refractivity (Wildman–Crippen MR) is 113 cm³/mol. The summed E-state index contributed by atoms with van der Waals surface area (Å²) in [6.07, 6.45) is 3.51. The molecule has 1 aliphatic heterocycles. The number of aliphatic hydroxyl groups is 1. The molecule has 30 heavy (non-hydrogen) atoms. The van der Waals surface area contributed by atoms with Gasteiger partial charge in [0.05, 0.1) is 39.6 Å². The second-order valence-corrected chi connectivity index (χ2v) is 7.08. The minimum atomic E-state index is -0.303. The molecule has 3 aromatic rings. The van der Waals surface area contributed by atoms with E-state index in [4.69, 9.17) is 9.47 Å². The van der Waals surface area contributed by atoms with Crippen molar-refractivity contribution in [3.63, 3.8) is 0 Å². The van der Waals surface area contributed by atoms with E-state index in [0.29, 0.717) is 18.8 Å². The smallest absolute Gasteiger partial charge is 0.325 e. The van der Waals surface area contributed by atoms with Crippen molar-refractivity contribution in [2.45, 2.75) is 12.6 Å². The first kappa shape index (κ1) is 19.8. The summed E-state index contributed by atoms with van der Waals surface area (Å²) < 4.78 is 10.8. The number of aromatic amines is 1. The Kier molecular flexibility index (Phi) is 5.58.